The van der Waals surface area contributed by atoms with Gasteiger partial charge in [0, 0.05) is 6.54 Å². The van der Waals surface area contributed by atoms with Crippen molar-refractivity contribution in [1.29, 1.82) is 0 Å². The Hall–Kier alpha value is -1.10. The van der Waals surface area contributed by atoms with Crippen LogP contribution in [0.1, 0.15) is 31.4 Å². The third kappa shape index (κ3) is 5.49. The van der Waals surface area contributed by atoms with Crippen LogP contribution in [0.3, 0.4) is 0 Å². The molecule has 1 amide bonds. The fourth-order valence-electron chi connectivity index (χ4n) is 1.56. The van der Waals surface area contributed by atoms with Crippen molar-refractivity contribution >= 4 is 18.3 Å². The summed E-state index contributed by atoms with van der Waals surface area (Å²) in [5, 5.41) is 12.5. The van der Waals surface area contributed by atoms with Crippen LogP contribution in [0.25, 0.3) is 0 Å². The van der Waals surface area contributed by atoms with Crippen LogP contribution in [-0.2, 0) is 4.79 Å². The van der Waals surface area contributed by atoms with E-state index in [1.807, 2.05) is 37.3 Å². The summed E-state index contributed by atoms with van der Waals surface area (Å²) in [6.07, 6.45) is 0.845. The van der Waals surface area contributed by atoms with Gasteiger partial charge in [-0.25, -0.2) is 0 Å². The molecule has 2 unspecified atom stereocenters. The van der Waals surface area contributed by atoms with Gasteiger partial charge in [-0.2, -0.15) is 0 Å². The summed E-state index contributed by atoms with van der Waals surface area (Å²) < 4.78 is 0. The van der Waals surface area contributed by atoms with Gasteiger partial charge in [-0.15, -0.1) is 12.4 Å². The summed E-state index contributed by atoms with van der Waals surface area (Å²) >= 11 is 0. The molecule has 0 saturated carbocycles. The van der Waals surface area contributed by atoms with Crippen LogP contribution >= 0.6 is 12.4 Å². The molecule has 0 aliphatic heterocycles. The van der Waals surface area contributed by atoms with Crippen molar-refractivity contribution in [2.75, 3.05) is 6.54 Å². The van der Waals surface area contributed by atoms with Crippen LogP contribution in [0.2, 0.25) is 0 Å². The van der Waals surface area contributed by atoms with Crippen molar-refractivity contribution in [2.45, 2.75) is 31.9 Å². The summed E-state index contributed by atoms with van der Waals surface area (Å²) in [5.74, 6) is -0.207. The molecule has 4 N–H and O–H groups in total. The lowest BCUT2D eigenvalue weighted by atomic mass is 10.1. The molecule has 0 aliphatic carbocycles. The second-order valence-electron chi connectivity index (χ2n) is 4.07. The summed E-state index contributed by atoms with van der Waals surface area (Å²) in [5.41, 5.74) is 6.45. The molecular formula is C13H21ClN2O2. The lowest BCUT2D eigenvalue weighted by Crippen LogP contribution is -2.41. The van der Waals surface area contributed by atoms with Crippen LogP contribution in [-0.4, -0.2) is 23.6 Å². The molecule has 1 aromatic rings. The highest BCUT2D eigenvalue weighted by molar-refractivity contribution is 5.85. The number of carbonyl (C=O) groups excluding carboxylic acids is 1. The lowest BCUT2D eigenvalue weighted by molar-refractivity contribution is -0.123. The third-order valence-electron chi connectivity index (χ3n) is 2.59. The first-order valence-corrected chi connectivity index (χ1v) is 5.91. The first-order valence-electron chi connectivity index (χ1n) is 5.91. The predicted octanol–water partition coefficient (Wildman–Crippen LogP) is 1.39. The van der Waals surface area contributed by atoms with E-state index in [1.54, 1.807) is 0 Å². The average Bonchev–Trinajstić information content (AvgIpc) is 2.36. The highest BCUT2D eigenvalue weighted by atomic mass is 35.5. The minimum atomic E-state index is -0.686. The Labute approximate surface area is 114 Å². The van der Waals surface area contributed by atoms with Crippen LogP contribution in [0, 0.1) is 0 Å². The number of hydrogen-bond acceptors (Lipinski definition) is 3. The smallest absolute Gasteiger partial charge is 0.237 e. The Morgan fingerprint density at radius 2 is 2.00 bits per heavy atom. The molecule has 1 rings (SSSR count). The fraction of sp³-hybridized carbons (Fsp3) is 0.462. The van der Waals surface area contributed by atoms with E-state index in [1.165, 1.54) is 0 Å². The Morgan fingerprint density at radius 3 is 2.56 bits per heavy atom. The molecule has 5 heteroatoms. The van der Waals surface area contributed by atoms with E-state index < -0.39 is 12.1 Å². The van der Waals surface area contributed by atoms with Crippen LogP contribution in [0.5, 0.6) is 0 Å². The molecule has 2 atom stereocenters. The molecule has 18 heavy (non-hydrogen) atoms. The Balaban J connectivity index is 0.00000289. The number of aliphatic hydroxyl groups excluding tert-OH is 1. The number of hydrogen-bond donors (Lipinski definition) is 3. The van der Waals surface area contributed by atoms with Crippen LogP contribution < -0.4 is 11.1 Å². The monoisotopic (exact) mass is 272 g/mol. The Bertz CT molecular complexity index is 346. The number of aliphatic hydroxyl groups is 1. The molecule has 0 aromatic heterocycles. The number of carbonyl (C=O) groups is 1. The van der Waals surface area contributed by atoms with Gasteiger partial charge in [-0.3, -0.25) is 4.79 Å². The van der Waals surface area contributed by atoms with Crippen LogP contribution in [0.4, 0.5) is 0 Å². The van der Waals surface area contributed by atoms with Crippen molar-refractivity contribution in [2.24, 2.45) is 5.73 Å². The molecule has 4 nitrogen and oxygen atoms in total. The van der Waals surface area contributed by atoms with Crippen molar-refractivity contribution in [3.05, 3.63) is 35.9 Å². The third-order valence-corrected chi connectivity index (χ3v) is 2.59. The maximum Gasteiger partial charge on any atom is 0.237 e. The van der Waals surface area contributed by atoms with E-state index in [-0.39, 0.29) is 24.9 Å². The quantitative estimate of drug-likeness (QED) is 0.732. The fourth-order valence-corrected chi connectivity index (χ4v) is 1.56. The van der Waals surface area contributed by atoms with Gasteiger partial charge in [-0.05, 0) is 12.0 Å². The van der Waals surface area contributed by atoms with Crippen molar-refractivity contribution in [1.82, 2.24) is 5.32 Å². The molecule has 0 radical (unpaired) electrons. The second kappa shape index (κ2) is 8.91. The minimum Gasteiger partial charge on any atom is -0.387 e. The van der Waals surface area contributed by atoms with Gasteiger partial charge >= 0.3 is 0 Å². The van der Waals surface area contributed by atoms with E-state index in [0.29, 0.717) is 6.42 Å². The molecule has 0 fully saturated rings. The number of halogens is 1. The number of nitrogens with one attached hydrogen (secondary N) is 1. The van der Waals surface area contributed by atoms with E-state index in [0.717, 1.165) is 12.0 Å². The van der Waals surface area contributed by atoms with Crippen molar-refractivity contribution in [3.63, 3.8) is 0 Å². The molecule has 0 aliphatic rings. The molecule has 0 heterocycles. The zero-order valence-electron chi connectivity index (χ0n) is 10.5. The summed E-state index contributed by atoms with van der Waals surface area (Å²) in [6, 6.07) is 8.74. The summed E-state index contributed by atoms with van der Waals surface area (Å²) in [4.78, 5) is 11.5. The molecule has 0 spiro atoms. The standard InChI is InChI=1S/C13H20N2O2.ClH/c1-2-6-11(14)13(17)15-9-12(16)10-7-4-3-5-8-10;/h3-5,7-8,11-12,16H,2,6,9,14H2,1H3,(H,15,17);1H. The van der Waals surface area contributed by atoms with Gasteiger partial charge < -0.3 is 16.2 Å². The topological polar surface area (TPSA) is 75.4 Å². The Morgan fingerprint density at radius 1 is 1.39 bits per heavy atom. The van der Waals surface area contributed by atoms with Gasteiger partial charge in [0.15, 0.2) is 0 Å². The zero-order chi connectivity index (χ0) is 12.7. The minimum absolute atomic E-state index is 0. The van der Waals surface area contributed by atoms with Crippen molar-refractivity contribution in [3.8, 4) is 0 Å². The predicted molar refractivity (Wildman–Crippen MR) is 74.5 cm³/mol. The molecule has 0 bridgehead atoms. The lowest BCUT2D eigenvalue weighted by Gasteiger charge is -2.15. The summed E-state index contributed by atoms with van der Waals surface area (Å²) in [7, 11) is 0. The summed E-state index contributed by atoms with van der Waals surface area (Å²) in [6.45, 7) is 2.17. The maximum atomic E-state index is 11.5. The first kappa shape index (κ1) is 16.9. The van der Waals surface area contributed by atoms with Crippen molar-refractivity contribution < 1.29 is 9.90 Å². The van der Waals surface area contributed by atoms with Gasteiger partial charge in [0.05, 0.1) is 12.1 Å². The largest absolute Gasteiger partial charge is 0.387 e. The van der Waals surface area contributed by atoms with Gasteiger partial charge in [0.1, 0.15) is 0 Å². The Kier molecular flexibility index (Phi) is 8.37. The van der Waals surface area contributed by atoms with E-state index in [9.17, 15) is 9.90 Å². The normalized spacial score (nSPS) is 13.3. The van der Waals surface area contributed by atoms with Gasteiger partial charge in [0.2, 0.25) is 5.91 Å². The average molecular weight is 273 g/mol. The number of benzene rings is 1. The van der Waals surface area contributed by atoms with Crippen LogP contribution in [0.15, 0.2) is 30.3 Å². The zero-order valence-corrected chi connectivity index (χ0v) is 11.3. The second-order valence-corrected chi connectivity index (χ2v) is 4.07. The number of nitrogens with two attached hydrogens (primary N) is 1. The molecule has 1 aromatic carbocycles. The van der Waals surface area contributed by atoms with E-state index in [2.05, 4.69) is 5.32 Å². The van der Waals surface area contributed by atoms with Gasteiger partial charge in [0.25, 0.3) is 0 Å². The SMILES string of the molecule is CCCC(N)C(=O)NCC(O)c1ccccc1.Cl. The number of amides is 1. The van der Waals surface area contributed by atoms with E-state index >= 15 is 0 Å². The molecular weight excluding hydrogens is 252 g/mol. The van der Waals surface area contributed by atoms with Gasteiger partial charge in [-0.1, -0.05) is 43.7 Å². The maximum absolute atomic E-state index is 11.5. The highest BCUT2D eigenvalue weighted by Crippen LogP contribution is 2.10. The number of rotatable bonds is 6. The highest BCUT2D eigenvalue weighted by Gasteiger charge is 2.14. The molecule has 0 saturated heterocycles. The molecule has 102 valence electrons. The first-order chi connectivity index (χ1) is 8.15. The van der Waals surface area contributed by atoms with E-state index in [4.69, 9.17) is 5.73 Å².